The maximum Gasteiger partial charge on any atom is 0.319 e. The number of rotatable bonds is 5. The van der Waals surface area contributed by atoms with E-state index in [1.165, 1.54) is 25.3 Å². The Morgan fingerprint density at radius 2 is 1.86 bits per heavy atom. The second-order valence-electron chi connectivity index (χ2n) is 7.22. The number of methoxy groups -OCH3 is 2. The third-order valence-corrected chi connectivity index (χ3v) is 5.52. The zero-order chi connectivity index (χ0) is 19.7. The van der Waals surface area contributed by atoms with Crippen molar-refractivity contribution in [1.82, 2.24) is 14.9 Å². The van der Waals surface area contributed by atoms with Crippen molar-refractivity contribution in [2.75, 3.05) is 34.1 Å². The van der Waals surface area contributed by atoms with E-state index < -0.39 is 5.60 Å². The summed E-state index contributed by atoms with van der Waals surface area (Å²) in [4.78, 5) is 10.7. The maximum absolute atomic E-state index is 11.2. The normalized spacial score (nSPS) is 18.1. The lowest BCUT2D eigenvalue weighted by Gasteiger charge is -2.38. The summed E-state index contributed by atoms with van der Waals surface area (Å²) in [6.07, 6.45) is 2.74. The largest absolute Gasteiger partial charge is 0.481 e. The monoisotopic (exact) mass is 387 g/mol. The van der Waals surface area contributed by atoms with Gasteiger partial charge in [-0.2, -0.15) is 4.98 Å². The van der Waals surface area contributed by atoms with Gasteiger partial charge in [-0.15, -0.1) is 0 Å². The number of benzene rings is 1. The van der Waals surface area contributed by atoms with Crippen molar-refractivity contribution in [1.29, 1.82) is 0 Å². The molecule has 3 heterocycles. The third-order valence-electron chi connectivity index (χ3n) is 5.52. The SMILES string of the molecule is COc1ncc(C2(O)CCN(Cc3cc4c(cc3C)OCO4)CC2)c(OC)n1. The molecule has 2 aliphatic rings. The summed E-state index contributed by atoms with van der Waals surface area (Å²) in [6, 6.07) is 4.30. The fourth-order valence-corrected chi connectivity index (χ4v) is 3.77. The number of ether oxygens (including phenoxy) is 4. The Hall–Kier alpha value is -2.58. The van der Waals surface area contributed by atoms with E-state index in [4.69, 9.17) is 18.9 Å². The molecule has 2 aromatic rings. The second kappa shape index (κ2) is 7.44. The van der Waals surface area contributed by atoms with Crippen LogP contribution in [0.5, 0.6) is 23.4 Å². The van der Waals surface area contributed by atoms with Crippen LogP contribution in [0.25, 0.3) is 0 Å². The molecule has 8 heteroatoms. The molecule has 0 bridgehead atoms. The van der Waals surface area contributed by atoms with Crippen LogP contribution >= 0.6 is 0 Å². The molecular weight excluding hydrogens is 362 g/mol. The summed E-state index contributed by atoms with van der Waals surface area (Å²) in [5.74, 6) is 1.96. The van der Waals surface area contributed by atoms with E-state index in [9.17, 15) is 5.11 Å². The molecule has 1 fully saturated rings. The van der Waals surface area contributed by atoms with Crippen LogP contribution in [0, 0.1) is 6.92 Å². The number of hydrogen-bond donors (Lipinski definition) is 1. The molecule has 1 aromatic carbocycles. The summed E-state index contributed by atoms with van der Waals surface area (Å²) in [5, 5.41) is 11.2. The molecule has 2 aliphatic heterocycles. The van der Waals surface area contributed by atoms with Crippen LogP contribution in [0.2, 0.25) is 0 Å². The summed E-state index contributed by atoms with van der Waals surface area (Å²) in [5.41, 5.74) is 1.97. The minimum absolute atomic E-state index is 0.222. The van der Waals surface area contributed by atoms with Crippen molar-refractivity contribution in [2.24, 2.45) is 0 Å². The van der Waals surface area contributed by atoms with Gasteiger partial charge in [0.05, 0.1) is 25.4 Å². The Morgan fingerprint density at radius 3 is 2.54 bits per heavy atom. The van der Waals surface area contributed by atoms with Gasteiger partial charge in [-0.1, -0.05) is 0 Å². The van der Waals surface area contributed by atoms with Gasteiger partial charge in [-0.25, -0.2) is 4.98 Å². The van der Waals surface area contributed by atoms with E-state index in [-0.39, 0.29) is 12.8 Å². The number of hydrogen-bond acceptors (Lipinski definition) is 8. The van der Waals surface area contributed by atoms with Gasteiger partial charge in [-0.05, 0) is 43.0 Å². The first-order valence-electron chi connectivity index (χ1n) is 9.32. The third kappa shape index (κ3) is 3.45. The highest BCUT2D eigenvalue weighted by Gasteiger charge is 2.37. The number of aryl methyl sites for hydroxylation is 1. The van der Waals surface area contributed by atoms with Gasteiger partial charge in [0.15, 0.2) is 11.5 Å². The van der Waals surface area contributed by atoms with Crippen molar-refractivity contribution in [3.05, 3.63) is 35.0 Å². The van der Waals surface area contributed by atoms with Gasteiger partial charge < -0.3 is 24.1 Å². The number of likely N-dealkylation sites (tertiary alicyclic amines) is 1. The van der Waals surface area contributed by atoms with E-state index in [1.807, 2.05) is 6.07 Å². The van der Waals surface area contributed by atoms with Crippen molar-refractivity contribution >= 4 is 0 Å². The number of aromatic nitrogens is 2. The predicted molar refractivity (Wildman–Crippen MR) is 101 cm³/mol. The minimum atomic E-state index is -1.02. The zero-order valence-electron chi connectivity index (χ0n) is 16.4. The maximum atomic E-state index is 11.2. The molecule has 0 radical (unpaired) electrons. The average Bonchev–Trinajstić information content (AvgIpc) is 3.16. The highest BCUT2D eigenvalue weighted by Crippen LogP contribution is 2.39. The molecule has 150 valence electrons. The van der Waals surface area contributed by atoms with Gasteiger partial charge in [0.2, 0.25) is 12.7 Å². The molecule has 0 atom stereocenters. The summed E-state index contributed by atoms with van der Waals surface area (Å²) in [6.45, 7) is 4.66. The highest BCUT2D eigenvalue weighted by atomic mass is 16.7. The Labute approximate surface area is 164 Å². The molecule has 1 aromatic heterocycles. The van der Waals surface area contributed by atoms with Crippen molar-refractivity contribution in [3.63, 3.8) is 0 Å². The Bertz CT molecular complexity index is 865. The first-order chi connectivity index (χ1) is 13.5. The predicted octanol–water partition coefficient (Wildman–Crippen LogP) is 2.01. The molecule has 28 heavy (non-hydrogen) atoms. The molecule has 0 spiro atoms. The Kier molecular flexibility index (Phi) is 4.99. The summed E-state index contributed by atoms with van der Waals surface area (Å²) in [7, 11) is 3.03. The molecule has 4 rings (SSSR count). The topological polar surface area (TPSA) is 86.2 Å². The van der Waals surface area contributed by atoms with Crippen LogP contribution in [0.4, 0.5) is 0 Å². The molecule has 0 unspecified atom stereocenters. The van der Waals surface area contributed by atoms with E-state index in [0.717, 1.165) is 31.1 Å². The van der Waals surface area contributed by atoms with Crippen molar-refractivity contribution in [3.8, 4) is 23.4 Å². The fraction of sp³-hybridized carbons (Fsp3) is 0.500. The first-order valence-corrected chi connectivity index (χ1v) is 9.32. The standard InChI is InChI=1S/C20H25N3O5/c1-13-8-16-17(28-12-27-16)9-14(13)11-23-6-4-20(24,5-7-23)15-10-21-19(26-3)22-18(15)25-2/h8-10,24H,4-7,11-12H2,1-3H3. The lowest BCUT2D eigenvalue weighted by atomic mass is 9.85. The second-order valence-corrected chi connectivity index (χ2v) is 7.22. The van der Waals surface area contributed by atoms with Crippen LogP contribution in [-0.4, -0.2) is 54.1 Å². The highest BCUT2D eigenvalue weighted by molar-refractivity contribution is 5.48. The van der Waals surface area contributed by atoms with Crippen LogP contribution < -0.4 is 18.9 Å². The van der Waals surface area contributed by atoms with Crippen LogP contribution in [0.15, 0.2) is 18.3 Å². The quantitative estimate of drug-likeness (QED) is 0.834. The number of piperidine rings is 1. The van der Waals surface area contributed by atoms with E-state index in [2.05, 4.69) is 27.9 Å². The van der Waals surface area contributed by atoms with Crippen molar-refractivity contribution < 1.29 is 24.1 Å². The van der Waals surface area contributed by atoms with Gasteiger partial charge in [-0.3, -0.25) is 4.90 Å². The van der Waals surface area contributed by atoms with Crippen LogP contribution in [0.3, 0.4) is 0 Å². The smallest absolute Gasteiger partial charge is 0.319 e. The van der Waals surface area contributed by atoms with Gasteiger partial charge in [0.25, 0.3) is 0 Å². The van der Waals surface area contributed by atoms with Crippen LogP contribution in [-0.2, 0) is 12.1 Å². The molecule has 1 saturated heterocycles. The lowest BCUT2D eigenvalue weighted by molar-refractivity contribution is -0.0300. The molecule has 8 nitrogen and oxygen atoms in total. The number of aliphatic hydroxyl groups is 1. The molecular formula is C20H25N3O5. The summed E-state index contributed by atoms with van der Waals surface area (Å²) >= 11 is 0. The van der Waals surface area contributed by atoms with E-state index in [0.29, 0.717) is 24.3 Å². The number of nitrogens with zero attached hydrogens (tertiary/aromatic N) is 3. The zero-order valence-corrected chi connectivity index (χ0v) is 16.4. The minimum Gasteiger partial charge on any atom is -0.481 e. The molecule has 0 saturated carbocycles. The molecule has 0 amide bonds. The van der Waals surface area contributed by atoms with Gasteiger partial charge >= 0.3 is 6.01 Å². The van der Waals surface area contributed by atoms with E-state index in [1.54, 1.807) is 6.20 Å². The Morgan fingerprint density at radius 1 is 1.14 bits per heavy atom. The van der Waals surface area contributed by atoms with Gasteiger partial charge in [0, 0.05) is 25.8 Å². The first kappa shape index (κ1) is 18.8. The molecule has 0 aliphatic carbocycles. The Balaban J connectivity index is 1.46. The number of fused-ring (bicyclic) bond motifs is 1. The average molecular weight is 387 g/mol. The van der Waals surface area contributed by atoms with E-state index >= 15 is 0 Å². The van der Waals surface area contributed by atoms with Crippen LogP contribution in [0.1, 0.15) is 29.5 Å². The van der Waals surface area contributed by atoms with Crippen molar-refractivity contribution in [2.45, 2.75) is 31.9 Å². The summed E-state index contributed by atoms with van der Waals surface area (Å²) < 4.78 is 21.3. The van der Waals surface area contributed by atoms with Gasteiger partial charge in [0.1, 0.15) is 0 Å². The lowest BCUT2D eigenvalue weighted by Crippen LogP contribution is -2.42. The molecule has 1 N–H and O–H groups in total. The fourth-order valence-electron chi connectivity index (χ4n) is 3.77.